The fourth-order valence-corrected chi connectivity index (χ4v) is 2.21. The van der Waals surface area contributed by atoms with Gasteiger partial charge in [-0.2, -0.15) is 0 Å². The zero-order chi connectivity index (χ0) is 13.2. The average molecular weight is 236 g/mol. The number of benzene rings is 1. The van der Waals surface area contributed by atoms with E-state index in [1.54, 1.807) is 7.11 Å². The SMILES string of the molecule is COC(C(O)c1cccc(C)c1C)C(C)(C)C. The summed E-state index contributed by atoms with van der Waals surface area (Å²) in [7, 11) is 1.66. The zero-order valence-corrected chi connectivity index (χ0v) is 11.7. The monoisotopic (exact) mass is 236 g/mol. The quantitative estimate of drug-likeness (QED) is 0.871. The maximum absolute atomic E-state index is 10.5. The summed E-state index contributed by atoms with van der Waals surface area (Å²) in [6, 6.07) is 6.02. The van der Waals surface area contributed by atoms with Gasteiger partial charge in [0, 0.05) is 7.11 Å². The van der Waals surface area contributed by atoms with Crippen molar-refractivity contribution in [3.8, 4) is 0 Å². The van der Waals surface area contributed by atoms with E-state index in [0.29, 0.717) is 0 Å². The molecule has 1 aromatic rings. The van der Waals surface area contributed by atoms with Crippen molar-refractivity contribution in [2.75, 3.05) is 7.11 Å². The highest BCUT2D eigenvalue weighted by atomic mass is 16.5. The maximum atomic E-state index is 10.5. The fourth-order valence-electron chi connectivity index (χ4n) is 2.21. The summed E-state index contributed by atoms with van der Waals surface area (Å²) in [5.74, 6) is 0. The van der Waals surface area contributed by atoms with Crippen molar-refractivity contribution in [2.45, 2.75) is 46.8 Å². The number of aryl methyl sites for hydroxylation is 1. The van der Waals surface area contributed by atoms with E-state index < -0.39 is 6.10 Å². The second-order valence-electron chi connectivity index (χ2n) is 5.76. The molecule has 2 nitrogen and oxygen atoms in total. The Bertz CT molecular complexity index is 377. The fraction of sp³-hybridized carbons (Fsp3) is 0.600. The van der Waals surface area contributed by atoms with E-state index in [-0.39, 0.29) is 11.5 Å². The van der Waals surface area contributed by atoms with Crippen LogP contribution < -0.4 is 0 Å². The van der Waals surface area contributed by atoms with Crippen LogP contribution in [-0.2, 0) is 4.74 Å². The Hall–Kier alpha value is -0.860. The smallest absolute Gasteiger partial charge is 0.106 e. The van der Waals surface area contributed by atoms with Crippen molar-refractivity contribution in [3.05, 3.63) is 34.9 Å². The molecule has 0 aliphatic carbocycles. The van der Waals surface area contributed by atoms with E-state index in [1.165, 1.54) is 5.56 Å². The van der Waals surface area contributed by atoms with Crippen LogP contribution in [0.25, 0.3) is 0 Å². The second kappa shape index (κ2) is 5.19. The molecular weight excluding hydrogens is 212 g/mol. The highest BCUT2D eigenvalue weighted by Crippen LogP contribution is 2.34. The van der Waals surface area contributed by atoms with Gasteiger partial charge in [-0.25, -0.2) is 0 Å². The van der Waals surface area contributed by atoms with Crippen molar-refractivity contribution < 1.29 is 9.84 Å². The van der Waals surface area contributed by atoms with Crippen LogP contribution in [0.1, 0.15) is 43.6 Å². The van der Waals surface area contributed by atoms with Crippen LogP contribution in [0, 0.1) is 19.3 Å². The number of aliphatic hydroxyl groups excluding tert-OH is 1. The summed E-state index contributed by atoms with van der Waals surface area (Å²) in [6.45, 7) is 10.3. The van der Waals surface area contributed by atoms with Crippen molar-refractivity contribution in [1.29, 1.82) is 0 Å². The normalized spacial score (nSPS) is 15.7. The Morgan fingerprint density at radius 1 is 1.18 bits per heavy atom. The first kappa shape index (κ1) is 14.2. The topological polar surface area (TPSA) is 29.5 Å². The predicted octanol–water partition coefficient (Wildman–Crippen LogP) is 3.40. The molecule has 1 rings (SSSR count). The van der Waals surface area contributed by atoms with Crippen LogP contribution in [0.15, 0.2) is 18.2 Å². The molecule has 0 amide bonds. The number of ether oxygens (including phenoxy) is 1. The lowest BCUT2D eigenvalue weighted by Crippen LogP contribution is -2.34. The number of hydrogen-bond donors (Lipinski definition) is 1. The lowest BCUT2D eigenvalue weighted by molar-refractivity contribution is -0.0726. The molecule has 0 aliphatic heterocycles. The largest absolute Gasteiger partial charge is 0.386 e. The molecule has 0 saturated carbocycles. The highest BCUT2D eigenvalue weighted by molar-refractivity contribution is 5.35. The molecule has 0 radical (unpaired) electrons. The second-order valence-corrected chi connectivity index (χ2v) is 5.76. The molecule has 2 heteroatoms. The maximum Gasteiger partial charge on any atom is 0.106 e. The number of methoxy groups -OCH3 is 1. The van der Waals surface area contributed by atoms with E-state index in [0.717, 1.165) is 11.1 Å². The summed E-state index contributed by atoms with van der Waals surface area (Å²) in [5.41, 5.74) is 3.22. The van der Waals surface area contributed by atoms with Gasteiger partial charge in [0.25, 0.3) is 0 Å². The molecule has 0 aliphatic rings. The number of rotatable bonds is 3. The van der Waals surface area contributed by atoms with Gasteiger partial charge in [-0.05, 0) is 36.0 Å². The molecule has 0 aromatic heterocycles. The molecule has 17 heavy (non-hydrogen) atoms. The minimum atomic E-state index is -0.583. The molecule has 1 aromatic carbocycles. The molecule has 2 unspecified atom stereocenters. The molecular formula is C15H24O2. The molecule has 0 heterocycles. The molecule has 96 valence electrons. The van der Waals surface area contributed by atoms with Crippen LogP contribution >= 0.6 is 0 Å². The van der Waals surface area contributed by atoms with Crippen molar-refractivity contribution >= 4 is 0 Å². The standard InChI is InChI=1S/C15H24O2/c1-10-8-7-9-12(11(10)2)13(16)14(17-6)15(3,4)5/h7-9,13-14,16H,1-6H3. The number of aliphatic hydroxyl groups is 1. The number of hydrogen-bond acceptors (Lipinski definition) is 2. The van der Waals surface area contributed by atoms with Gasteiger partial charge in [-0.15, -0.1) is 0 Å². The third-order valence-corrected chi connectivity index (χ3v) is 3.36. The molecule has 0 fully saturated rings. The first-order valence-electron chi connectivity index (χ1n) is 6.06. The van der Waals surface area contributed by atoms with Crippen LogP contribution in [0.3, 0.4) is 0 Å². The Labute approximate surface area is 105 Å². The van der Waals surface area contributed by atoms with Crippen LogP contribution in [0.2, 0.25) is 0 Å². The molecule has 0 bridgehead atoms. The van der Waals surface area contributed by atoms with E-state index >= 15 is 0 Å². The minimum absolute atomic E-state index is 0.0929. The van der Waals surface area contributed by atoms with Gasteiger partial charge in [0.15, 0.2) is 0 Å². The lowest BCUT2D eigenvalue weighted by atomic mass is 9.82. The van der Waals surface area contributed by atoms with Crippen molar-refractivity contribution in [2.24, 2.45) is 5.41 Å². The highest BCUT2D eigenvalue weighted by Gasteiger charge is 2.32. The summed E-state index contributed by atoms with van der Waals surface area (Å²) in [6.07, 6.45) is -0.789. The summed E-state index contributed by atoms with van der Waals surface area (Å²) in [5, 5.41) is 10.5. The first-order chi connectivity index (χ1) is 7.79. The van der Waals surface area contributed by atoms with Gasteiger partial charge in [0.05, 0.1) is 6.10 Å². The third-order valence-electron chi connectivity index (χ3n) is 3.36. The minimum Gasteiger partial charge on any atom is -0.386 e. The van der Waals surface area contributed by atoms with Gasteiger partial charge >= 0.3 is 0 Å². The van der Waals surface area contributed by atoms with E-state index in [9.17, 15) is 5.11 Å². The lowest BCUT2D eigenvalue weighted by Gasteiger charge is -2.34. The average Bonchev–Trinajstić information content (AvgIpc) is 2.20. The zero-order valence-electron chi connectivity index (χ0n) is 11.7. The molecule has 2 atom stereocenters. The Morgan fingerprint density at radius 2 is 1.76 bits per heavy atom. The Morgan fingerprint density at radius 3 is 2.24 bits per heavy atom. The Kier molecular flexibility index (Phi) is 4.34. The van der Waals surface area contributed by atoms with Crippen molar-refractivity contribution in [1.82, 2.24) is 0 Å². The predicted molar refractivity (Wildman–Crippen MR) is 71.1 cm³/mol. The Balaban J connectivity index is 3.11. The third kappa shape index (κ3) is 3.08. The molecule has 0 saturated heterocycles. The van der Waals surface area contributed by atoms with Gasteiger partial charge in [-0.3, -0.25) is 0 Å². The van der Waals surface area contributed by atoms with Crippen LogP contribution in [-0.4, -0.2) is 18.3 Å². The molecule has 0 spiro atoms. The molecule has 1 N–H and O–H groups in total. The van der Waals surface area contributed by atoms with Crippen LogP contribution in [0.4, 0.5) is 0 Å². The van der Waals surface area contributed by atoms with Crippen LogP contribution in [0.5, 0.6) is 0 Å². The summed E-state index contributed by atoms with van der Waals surface area (Å²) in [4.78, 5) is 0. The van der Waals surface area contributed by atoms with Crippen molar-refractivity contribution in [3.63, 3.8) is 0 Å². The van der Waals surface area contributed by atoms with E-state index in [2.05, 4.69) is 33.8 Å². The van der Waals surface area contributed by atoms with E-state index in [1.807, 2.05) is 19.1 Å². The van der Waals surface area contributed by atoms with Gasteiger partial charge < -0.3 is 9.84 Å². The van der Waals surface area contributed by atoms with E-state index in [4.69, 9.17) is 4.74 Å². The van der Waals surface area contributed by atoms with Gasteiger partial charge in [-0.1, -0.05) is 39.0 Å². The summed E-state index contributed by atoms with van der Waals surface area (Å²) >= 11 is 0. The summed E-state index contributed by atoms with van der Waals surface area (Å²) < 4.78 is 5.48. The first-order valence-corrected chi connectivity index (χ1v) is 6.06. The van der Waals surface area contributed by atoms with Gasteiger partial charge in [0.2, 0.25) is 0 Å². The van der Waals surface area contributed by atoms with Gasteiger partial charge in [0.1, 0.15) is 6.10 Å².